The van der Waals surface area contributed by atoms with E-state index in [-0.39, 0.29) is 5.92 Å². The molecule has 3 rings (SSSR count). The molecule has 1 atom stereocenters. The molecule has 2 N–H and O–H groups in total. The lowest BCUT2D eigenvalue weighted by atomic mass is 9.96. The predicted octanol–water partition coefficient (Wildman–Crippen LogP) is 1.54. The highest BCUT2D eigenvalue weighted by Gasteiger charge is 2.56. The average molecular weight is 380 g/mol. The van der Waals surface area contributed by atoms with Crippen LogP contribution in [0.3, 0.4) is 0 Å². The van der Waals surface area contributed by atoms with Gasteiger partial charge in [-0.1, -0.05) is 11.6 Å². The molecule has 26 heavy (non-hydrogen) atoms. The number of hydrogen-bond donors (Lipinski definition) is 2. The number of hydrogen-bond acceptors (Lipinski definition) is 5. The molecule has 9 heteroatoms. The second-order valence-corrected chi connectivity index (χ2v) is 6.95. The Morgan fingerprint density at radius 1 is 1.31 bits per heavy atom. The molecule has 0 unspecified atom stereocenters. The minimum Gasteiger partial charge on any atom is -0.454 e. The molecule has 0 radical (unpaired) electrons. The number of imide groups is 1. The number of carbonyl (C=O) groups excluding carboxylic acids is 4. The molecule has 1 aliphatic heterocycles. The minimum absolute atomic E-state index is 0.102. The number of esters is 1. The normalized spacial score (nSPS) is 22.2. The lowest BCUT2D eigenvalue weighted by Gasteiger charge is -2.20. The first-order valence-corrected chi connectivity index (χ1v) is 8.52. The van der Waals surface area contributed by atoms with Crippen molar-refractivity contribution >= 4 is 41.1 Å². The highest BCUT2D eigenvalue weighted by Crippen LogP contribution is 2.42. The van der Waals surface area contributed by atoms with Crippen LogP contribution in [0.4, 0.5) is 10.5 Å². The minimum atomic E-state index is -0.955. The van der Waals surface area contributed by atoms with Gasteiger partial charge in [0.15, 0.2) is 6.61 Å². The summed E-state index contributed by atoms with van der Waals surface area (Å²) in [4.78, 5) is 48.9. The van der Waals surface area contributed by atoms with Gasteiger partial charge in [0, 0.05) is 10.7 Å². The van der Waals surface area contributed by atoms with Crippen LogP contribution < -0.4 is 10.6 Å². The predicted molar refractivity (Wildman–Crippen MR) is 92.4 cm³/mol. The van der Waals surface area contributed by atoms with E-state index in [2.05, 4.69) is 10.6 Å². The molecule has 138 valence electrons. The van der Waals surface area contributed by atoms with Gasteiger partial charge in [0.25, 0.3) is 11.8 Å². The number of benzene rings is 1. The third-order valence-electron chi connectivity index (χ3n) is 4.47. The fraction of sp³-hybridized carbons (Fsp3) is 0.412. The van der Waals surface area contributed by atoms with E-state index in [1.54, 1.807) is 31.2 Å². The smallest absolute Gasteiger partial charge is 0.326 e. The third-order valence-corrected chi connectivity index (χ3v) is 4.73. The molecule has 0 aromatic heterocycles. The van der Waals surface area contributed by atoms with E-state index < -0.39 is 42.5 Å². The van der Waals surface area contributed by atoms with Crippen LogP contribution in [0.2, 0.25) is 5.02 Å². The second kappa shape index (κ2) is 6.95. The van der Waals surface area contributed by atoms with Gasteiger partial charge in [0.1, 0.15) is 12.1 Å². The van der Waals surface area contributed by atoms with Crippen molar-refractivity contribution in [2.75, 3.05) is 18.5 Å². The Labute approximate surface area is 154 Å². The summed E-state index contributed by atoms with van der Waals surface area (Å²) >= 11 is 5.75. The van der Waals surface area contributed by atoms with Crippen LogP contribution in [0.25, 0.3) is 0 Å². The van der Waals surface area contributed by atoms with E-state index in [1.165, 1.54) is 0 Å². The van der Waals surface area contributed by atoms with Gasteiger partial charge >= 0.3 is 12.0 Å². The fourth-order valence-electron chi connectivity index (χ4n) is 2.85. The summed E-state index contributed by atoms with van der Waals surface area (Å²) in [7, 11) is 0. The highest BCUT2D eigenvalue weighted by molar-refractivity contribution is 6.30. The number of carbonyl (C=O) groups is 4. The van der Waals surface area contributed by atoms with Crippen molar-refractivity contribution in [1.29, 1.82) is 0 Å². The Morgan fingerprint density at radius 2 is 1.96 bits per heavy atom. The molecular formula is C17H18ClN3O5. The molecule has 1 aliphatic carbocycles. The molecule has 1 saturated heterocycles. The van der Waals surface area contributed by atoms with Gasteiger partial charge in [-0.05, 0) is 49.9 Å². The molecule has 0 bridgehead atoms. The van der Waals surface area contributed by atoms with Gasteiger partial charge in [-0.3, -0.25) is 19.3 Å². The van der Waals surface area contributed by atoms with Crippen LogP contribution in [0.5, 0.6) is 0 Å². The van der Waals surface area contributed by atoms with Crippen molar-refractivity contribution < 1.29 is 23.9 Å². The van der Waals surface area contributed by atoms with E-state index in [0.717, 1.165) is 17.7 Å². The van der Waals surface area contributed by atoms with E-state index >= 15 is 0 Å². The standard InChI is InChI=1S/C17H18ClN3O5/c1-17(10-2-3-10)15(24)21(16(25)20-17)8-14(23)26-9-13(22)19-12-6-4-11(18)5-7-12/h4-7,10H,2-3,8-9H2,1H3,(H,19,22)(H,20,25)/t17-/m1/s1. The number of halogens is 1. The summed E-state index contributed by atoms with van der Waals surface area (Å²) in [5, 5.41) is 5.71. The Kier molecular flexibility index (Phi) is 4.86. The zero-order valence-corrected chi connectivity index (χ0v) is 14.8. The SMILES string of the molecule is C[C@]1(C2CC2)NC(=O)N(CC(=O)OCC(=O)Nc2ccc(Cl)cc2)C1=O. The molecule has 2 fully saturated rings. The lowest BCUT2D eigenvalue weighted by molar-refractivity contribution is -0.150. The van der Waals surface area contributed by atoms with Crippen LogP contribution in [0.15, 0.2) is 24.3 Å². The first-order valence-electron chi connectivity index (χ1n) is 8.15. The number of amides is 4. The molecular weight excluding hydrogens is 362 g/mol. The summed E-state index contributed by atoms with van der Waals surface area (Å²) in [5.41, 5.74) is -0.451. The zero-order chi connectivity index (χ0) is 18.9. The van der Waals surface area contributed by atoms with Gasteiger partial charge < -0.3 is 15.4 Å². The monoisotopic (exact) mass is 379 g/mol. The zero-order valence-electron chi connectivity index (χ0n) is 14.1. The number of nitrogens with one attached hydrogen (secondary N) is 2. The Morgan fingerprint density at radius 3 is 2.58 bits per heavy atom. The van der Waals surface area contributed by atoms with Crippen molar-refractivity contribution in [3.8, 4) is 0 Å². The second-order valence-electron chi connectivity index (χ2n) is 6.51. The Hall–Kier alpha value is -2.61. The number of anilines is 1. The largest absolute Gasteiger partial charge is 0.454 e. The molecule has 8 nitrogen and oxygen atoms in total. The quantitative estimate of drug-likeness (QED) is 0.576. The first-order chi connectivity index (χ1) is 12.3. The number of urea groups is 1. The highest BCUT2D eigenvalue weighted by atomic mass is 35.5. The van der Waals surface area contributed by atoms with Gasteiger partial charge in [0.2, 0.25) is 0 Å². The van der Waals surface area contributed by atoms with Crippen LogP contribution >= 0.6 is 11.6 Å². The maximum Gasteiger partial charge on any atom is 0.326 e. The first kappa shape index (κ1) is 18.2. The van der Waals surface area contributed by atoms with E-state index in [1.807, 2.05) is 0 Å². The van der Waals surface area contributed by atoms with Crippen molar-refractivity contribution in [3.63, 3.8) is 0 Å². The molecule has 0 spiro atoms. The van der Waals surface area contributed by atoms with Crippen molar-refractivity contribution in [1.82, 2.24) is 10.2 Å². The number of rotatable bonds is 6. The number of nitrogens with zero attached hydrogens (tertiary/aromatic N) is 1. The van der Waals surface area contributed by atoms with Gasteiger partial charge in [-0.15, -0.1) is 0 Å². The Balaban J connectivity index is 1.48. The van der Waals surface area contributed by atoms with Crippen LogP contribution in [0, 0.1) is 5.92 Å². The van der Waals surface area contributed by atoms with Crippen molar-refractivity contribution in [2.24, 2.45) is 5.92 Å². The molecule has 1 saturated carbocycles. The van der Waals surface area contributed by atoms with Crippen LogP contribution in [0.1, 0.15) is 19.8 Å². The van der Waals surface area contributed by atoms with Gasteiger partial charge in [0.05, 0.1) is 0 Å². The Bertz CT molecular complexity index is 762. The molecule has 1 aromatic carbocycles. The molecule has 1 heterocycles. The van der Waals surface area contributed by atoms with E-state index in [4.69, 9.17) is 16.3 Å². The van der Waals surface area contributed by atoms with Gasteiger partial charge in [-0.25, -0.2) is 4.79 Å². The van der Waals surface area contributed by atoms with Crippen molar-refractivity contribution in [3.05, 3.63) is 29.3 Å². The summed E-state index contributed by atoms with van der Waals surface area (Å²) in [5.74, 6) is -1.71. The fourth-order valence-corrected chi connectivity index (χ4v) is 2.97. The molecule has 2 aliphatic rings. The summed E-state index contributed by atoms with van der Waals surface area (Å²) in [6.45, 7) is 0.613. The van der Waals surface area contributed by atoms with Gasteiger partial charge in [-0.2, -0.15) is 0 Å². The lowest BCUT2D eigenvalue weighted by Crippen LogP contribution is -2.46. The summed E-state index contributed by atoms with van der Waals surface area (Å²) in [6, 6.07) is 5.81. The molecule has 4 amide bonds. The van der Waals surface area contributed by atoms with E-state index in [9.17, 15) is 19.2 Å². The van der Waals surface area contributed by atoms with E-state index in [0.29, 0.717) is 10.7 Å². The third kappa shape index (κ3) is 3.80. The van der Waals surface area contributed by atoms with Crippen molar-refractivity contribution in [2.45, 2.75) is 25.3 Å². The maximum absolute atomic E-state index is 12.4. The summed E-state index contributed by atoms with van der Waals surface area (Å²) in [6.07, 6.45) is 1.73. The average Bonchev–Trinajstić information content (AvgIpc) is 3.41. The molecule has 1 aromatic rings. The summed E-state index contributed by atoms with van der Waals surface area (Å²) < 4.78 is 4.85. The topological polar surface area (TPSA) is 105 Å². The van der Waals surface area contributed by atoms with Crippen LogP contribution in [-0.2, 0) is 19.1 Å². The van der Waals surface area contributed by atoms with Crippen LogP contribution in [-0.4, -0.2) is 47.4 Å². The number of ether oxygens (including phenoxy) is 1. The maximum atomic E-state index is 12.4.